The van der Waals surface area contributed by atoms with Crippen LogP contribution in [0.2, 0.25) is 0 Å². The van der Waals surface area contributed by atoms with Gasteiger partial charge in [0.2, 0.25) is 5.91 Å². The first-order valence-corrected chi connectivity index (χ1v) is 9.05. The van der Waals surface area contributed by atoms with Crippen molar-refractivity contribution in [2.45, 2.75) is 20.3 Å². The molecule has 2 aromatic heterocycles. The second kappa shape index (κ2) is 6.78. The summed E-state index contributed by atoms with van der Waals surface area (Å²) < 4.78 is 1.92. The van der Waals surface area contributed by atoms with E-state index in [2.05, 4.69) is 28.2 Å². The van der Waals surface area contributed by atoms with Crippen molar-refractivity contribution in [1.82, 2.24) is 19.5 Å². The first-order valence-electron chi connectivity index (χ1n) is 9.05. The van der Waals surface area contributed by atoms with E-state index in [0.29, 0.717) is 0 Å². The molecule has 0 saturated carbocycles. The molecule has 3 aromatic rings. The van der Waals surface area contributed by atoms with Crippen LogP contribution in [0.5, 0.6) is 0 Å². The normalized spacial score (nSPS) is 15.3. The van der Waals surface area contributed by atoms with Gasteiger partial charge in [-0.2, -0.15) is 9.61 Å². The smallest absolute Gasteiger partial charge is 0.219 e. The van der Waals surface area contributed by atoms with Gasteiger partial charge in [-0.25, -0.2) is 4.98 Å². The Morgan fingerprint density at radius 1 is 1.04 bits per heavy atom. The van der Waals surface area contributed by atoms with Crippen LogP contribution in [0.15, 0.2) is 42.5 Å². The number of hydrogen-bond donors (Lipinski definition) is 0. The fourth-order valence-electron chi connectivity index (χ4n) is 3.52. The first kappa shape index (κ1) is 16.6. The van der Waals surface area contributed by atoms with E-state index in [1.807, 2.05) is 40.6 Å². The second-order valence-corrected chi connectivity index (χ2v) is 6.77. The van der Waals surface area contributed by atoms with Gasteiger partial charge in [0.05, 0.1) is 11.4 Å². The molecular weight excluding hydrogens is 326 g/mol. The molecule has 0 N–H and O–H groups in total. The van der Waals surface area contributed by atoms with E-state index in [0.717, 1.165) is 61.0 Å². The third-order valence-electron chi connectivity index (χ3n) is 4.87. The van der Waals surface area contributed by atoms with Gasteiger partial charge in [0, 0.05) is 50.8 Å². The van der Waals surface area contributed by atoms with Gasteiger partial charge < -0.3 is 9.80 Å². The van der Waals surface area contributed by atoms with Gasteiger partial charge in [-0.05, 0) is 13.3 Å². The predicted octanol–water partition coefficient (Wildman–Crippen LogP) is 2.76. The van der Waals surface area contributed by atoms with Crippen molar-refractivity contribution in [3.8, 4) is 11.3 Å². The molecule has 1 saturated heterocycles. The van der Waals surface area contributed by atoms with Crippen molar-refractivity contribution in [2.24, 2.45) is 0 Å². The maximum Gasteiger partial charge on any atom is 0.219 e. The molecule has 3 heterocycles. The third-order valence-corrected chi connectivity index (χ3v) is 4.87. The molecule has 1 aliphatic heterocycles. The van der Waals surface area contributed by atoms with Gasteiger partial charge in [-0.15, -0.1) is 0 Å². The molecule has 1 amide bonds. The molecule has 0 atom stereocenters. The molecule has 1 aliphatic rings. The highest BCUT2D eigenvalue weighted by molar-refractivity contribution is 5.73. The van der Waals surface area contributed by atoms with Crippen molar-refractivity contribution in [2.75, 3.05) is 31.1 Å². The zero-order valence-corrected chi connectivity index (χ0v) is 15.2. The Labute approximate surface area is 153 Å². The van der Waals surface area contributed by atoms with E-state index < -0.39 is 0 Å². The maximum atomic E-state index is 11.7. The summed E-state index contributed by atoms with van der Waals surface area (Å²) in [5.74, 6) is 1.18. The van der Waals surface area contributed by atoms with Crippen molar-refractivity contribution >= 4 is 17.4 Å². The van der Waals surface area contributed by atoms with E-state index in [4.69, 9.17) is 4.98 Å². The van der Waals surface area contributed by atoms with Crippen molar-refractivity contribution in [1.29, 1.82) is 0 Å². The van der Waals surface area contributed by atoms with Crippen LogP contribution in [-0.4, -0.2) is 51.6 Å². The fourth-order valence-corrected chi connectivity index (χ4v) is 3.52. The third kappa shape index (κ3) is 3.14. The van der Waals surface area contributed by atoms with E-state index in [1.54, 1.807) is 6.92 Å². The number of nitrogens with zero attached hydrogens (tertiary/aromatic N) is 5. The van der Waals surface area contributed by atoms with E-state index in [-0.39, 0.29) is 5.91 Å². The molecule has 6 heteroatoms. The minimum absolute atomic E-state index is 0.145. The van der Waals surface area contributed by atoms with Gasteiger partial charge in [0.15, 0.2) is 5.65 Å². The molecule has 26 heavy (non-hydrogen) atoms. The van der Waals surface area contributed by atoms with Crippen molar-refractivity contribution in [3.05, 3.63) is 48.2 Å². The van der Waals surface area contributed by atoms with Crippen LogP contribution >= 0.6 is 0 Å². The zero-order valence-electron chi connectivity index (χ0n) is 15.2. The second-order valence-electron chi connectivity index (χ2n) is 6.77. The summed E-state index contributed by atoms with van der Waals surface area (Å²) in [5, 5.41) is 4.64. The largest absolute Gasteiger partial charge is 0.355 e. The Morgan fingerprint density at radius 3 is 2.62 bits per heavy atom. The number of amides is 1. The van der Waals surface area contributed by atoms with E-state index >= 15 is 0 Å². The quantitative estimate of drug-likeness (QED) is 0.714. The van der Waals surface area contributed by atoms with Crippen LogP contribution in [0.1, 0.15) is 19.0 Å². The molecule has 134 valence electrons. The van der Waals surface area contributed by atoms with Crippen molar-refractivity contribution in [3.63, 3.8) is 0 Å². The zero-order chi connectivity index (χ0) is 18.1. The minimum atomic E-state index is 0.145. The summed E-state index contributed by atoms with van der Waals surface area (Å²) in [6.45, 7) is 6.87. The monoisotopic (exact) mass is 349 g/mol. The number of rotatable bonds is 2. The molecule has 0 aliphatic carbocycles. The van der Waals surface area contributed by atoms with Crippen molar-refractivity contribution < 1.29 is 4.79 Å². The number of hydrogen-bond acceptors (Lipinski definition) is 4. The highest BCUT2D eigenvalue weighted by atomic mass is 16.2. The summed E-state index contributed by atoms with van der Waals surface area (Å²) in [5.41, 5.74) is 3.84. The molecule has 4 rings (SSSR count). The molecule has 6 nitrogen and oxygen atoms in total. The topological polar surface area (TPSA) is 53.7 Å². The van der Waals surface area contributed by atoms with Crippen LogP contribution in [0.4, 0.5) is 5.82 Å². The Kier molecular flexibility index (Phi) is 4.32. The average molecular weight is 349 g/mol. The summed E-state index contributed by atoms with van der Waals surface area (Å²) in [6, 6.07) is 14.3. The number of aryl methyl sites for hydroxylation is 1. The molecule has 0 bridgehead atoms. The summed E-state index contributed by atoms with van der Waals surface area (Å²) >= 11 is 0. The lowest BCUT2D eigenvalue weighted by atomic mass is 10.1. The lowest BCUT2D eigenvalue weighted by Gasteiger charge is -2.24. The van der Waals surface area contributed by atoms with Gasteiger partial charge in [-0.3, -0.25) is 4.79 Å². The minimum Gasteiger partial charge on any atom is -0.355 e. The lowest BCUT2D eigenvalue weighted by molar-refractivity contribution is -0.128. The summed E-state index contributed by atoms with van der Waals surface area (Å²) in [4.78, 5) is 20.8. The number of carbonyl (C=O) groups excluding carboxylic acids is 1. The Bertz CT molecular complexity index is 934. The SMILES string of the molecule is CC(=O)N1CCCN(c2cc(-c3ccccc3)nc3cc(C)nn23)CC1. The first-order chi connectivity index (χ1) is 12.6. The van der Waals surface area contributed by atoms with E-state index in [9.17, 15) is 4.79 Å². The average Bonchev–Trinajstić information content (AvgIpc) is 2.86. The number of benzene rings is 1. The fraction of sp³-hybridized carbons (Fsp3) is 0.350. The lowest BCUT2D eigenvalue weighted by Crippen LogP contribution is -2.34. The Hall–Kier alpha value is -2.89. The summed E-state index contributed by atoms with van der Waals surface area (Å²) in [7, 11) is 0. The van der Waals surface area contributed by atoms with Crippen LogP contribution in [0.3, 0.4) is 0 Å². The highest BCUT2D eigenvalue weighted by Crippen LogP contribution is 2.25. The number of fused-ring (bicyclic) bond motifs is 1. The standard InChI is InChI=1S/C20H23N5O/c1-15-13-19-21-18(17-7-4-3-5-8-17)14-20(25(19)22-15)24-10-6-9-23(11-12-24)16(2)26/h3-5,7-8,13-14H,6,9-12H2,1-2H3. The molecule has 1 aromatic carbocycles. The van der Waals surface area contributed by atoms with E-state index in [1.165, 1.54) is 0 Å². The van der Waals surface area contributed by atoms with Crippen LogP contribution < -0.4 is 4.90 Å². The van der Waals surface area contributed by atoms with Gasteiger partial charge >= 0.3 is 0 Å². The van der Waals surface area contributed by atoms with Crippen LogP contribution in [-0.2, 0) is 4.79 Å². The van der Waals surface area contributed by atoms with Gasteiger partial charge in [0.1, 0.15) is 5.82 Å². The molecule has 0 spiro atoms. The van der Waals surface area contributed by atoms with Gasteiger partial charge in [-0.1, -0.05) is 30.3 Å². The number of aromatic nitrogens is 3. The molecule has 0 radical (unpaired) electrons. The predicted molar refractivity (Wildman–Crippen MR) is 102 cm³/mol. The number of carbonyl (C=O) groups is 1. The Balaban J connectivity index is 1.77. The molecular formula is C20H23N5O. The molecule has 0 unspecified atom stereocenters. The summed E-state index contributed by atoms with van der Waals surface area (Å²) in [6.07, 6.45) is 0.949. The van der Waals surface area contributed by atoms with Crippen LogP contribution in [0.25, 0.3) is 16.9 Å². The Morgan fingerprint density at radius 2 is 1.85 bits per heavy atom. The van der Waals surface area contributed by atoms with Gasteiger partial charge in [0.25, 0.3) is 0 Å². The highest BCUT2D eigenvalue weighted by Gasteiger charge is 2.20. The molecule has 1 fully saturated rings. The van der Waals surface area contributed by atoms with Crippen LogP contribution in [0, 0.1) is 6.92 Å². The maximum absolute atomic E-state index is 11.7. The number of anilines is 1.